The Bertz CT molecular complexity index is 2910. The first-order valence-corrected chi connectivity index (χ1v) is 31.9. The molecule has 0 bridgehead atoms. The fourth-order valence-electron chi connectivity index (χ4n) is 13.7. The van der Waals surface area contributed by atoms with Crippen LogP contribution in [0.25, 0.3) is 33.4 Å². The zero-order valence-electron chi connectivity index (χ0n) is 42.8. The minimum atomic E-state index is -4.17. The number of rotatable bonds is 0. The van der Waals surface area contributed by atoms with E-state index in [1.54, 1.807) is 0 Å². The third-order valence-corrected chi connectivity index (χ3v) is 19.6. The molecule has 15 rings (SSSR count). The number of phosphoric ester groups is 3. The largest absolute Gasteiger partial charge is 0.584 e. The van der Waals surface area contributed by atoms with Crippen molar-refractivity contribution in [3.63, 3.8) is 0 Å². The van der Waals surface area contributed by atoms with Gasteiger partial charge in [-0.25, -0.2) is 13.7 Å². The van der Waals surface area contributed by atoms with Crippen molar-refractivity contribution < 1.29 is 88.2 Å². The van der Waals surface area contributed by atoms with Gasteiger partial charge in [0.15, 0.2) is 0 Å². The van der Waals surface area contributed by atoms with Crippen molar-refractivity contribution in [3.05, 3.63) is 140 Å². The molecule has 0 aromatic heterocycles. The van der Waals surface area contributed by atoms with E-state index in [1.807, 2.05) is 72.8 Å². The van der Waals surface area contributed by atoms with Gasteiger partial charge in [-0.05, 0) is 257 Å². The van der Waals surface area contributed by atoms with Gasteiger partial charge in [-0.2, -0.15) is 0 Å². The Morgan fingerprint density at radius 2 is 0.395 bits per heavy atom. The van der Waals surface area contributed by atoms with Crippen molar-refractivity contribution in [2.45, 2.75) is 154 Å². The Kier molecular flexibility index (Phi) is 14.6. The molecule has 393 valence electrons. The number of aryl methyl sites for hydroxylation is 6. The first-order valence-electron chi connectivity index (χ1n) is 27.4. The molecule has 0 saturated heterocycles. The molecule has 0 amide bonds. The van der Waals surface area contributed by atoms with Crippen molar-refractivity contribution in [1.82, 2.24) is 0 Å². The van der Waals surface area contributed by atoms with Crippen LogP contribution in [0.3, 0.4) is 0 Å². The maximum Gasteiger partial charge on any atom is 0.584 e. The molecule has 0 spiro atoms. The van der Waals surface area contributed by atoms with Gasteiger partial charge in [-0.3, -0.25) is 14.7 Å². The van der Waals surface area contributed by atoms with E-state index < -0.39 is 23.5 Å². The fourth-order valence-corrected chi connectivity index (χ4v) is 16.3. The molecule has 3 heterocycles. The summed E-state index contributed by atoms with van der Waals surface area (Å²) in [6, 6.07) is 23.4. The Morgan fingerprint density at radius 3 is 0.553 bits per heavy atom. The number of fused-ring (bicyclic) bond motifs is 21. The van der Waals surface area contributed by atoms with Crippen LogP contribution in [-0.4, -0.2) is 14.7 Å². The molecule has 6 aliphatic carbocycles. The van der Waals surface area contributed by atoms with Crippen LogP contribution in [0.2, 0.25) is 0 Å². The van der Waals surface area contributed by atoms with Crippen LogP contribution in [0.15, 0.2) is 72.8 Å². The summed E-state index contributed by atoms with van der Waals surface area (Å²) in [5, 5.41) is 0. The van der Waals surface area contributed by atoms with Crippen molar-refractivity contribution in [2.24, 2.45) is 0 Å². The second kappa shape index (κ2) is 21.1. The number of hydrogen-bond donors (Lipinski definition) is 3. The van der Waals surface area contributed by atoms with E-state index in [1.165, 1.54) is 105 Å². The first-order chi connectivity index (χ1) is 36.4. The zero-order chi connectivity index (χ0) is 51.1. The normalized spacial score (nSPS) is 19.8. The van der Waals surface area contributed by atoms with Crippen LogP contribution >= 0.6 is 23.5 Å². The molecular formula is C60H63O12P3Y. The van der Waals surface area contributed by atoms with Gasteiger partial charge in [0, 0.05) is 66.1 Å². The molecule has 16 heteroatoms. The van der Waals surface area contributed by atoms with Gasteiger partial charge in [0.1, 0.15) is 34.5 Å². The zero-order valence-corrected chi connectivity index (χ0v) is 48.4. The van der Waals surface area contributed by atoms with E-state index in [0.717, 1.165) is 149 Å². The van der Waals surface area contributed by atoms with E-state index >= 15 is 0 Å². The van der Waals surface area contributed by atoms with Gasteiger partial charge < -0.3 is 27.1 Å². The molecule has 0 fully saturated rings. The molecule has 3 N–H and O–H groups in total. The second-order valence-corrected chi connectivity index (χ2v) is 25.6. The van der Waals surface area contributed by atoms with E-state index in [9.17, 15) is 28.4 Å². The third-order valence-electron chi connectivity index (χ3n) is 17.0. The predicted molar refractivity (Wildman–Crippen MR) is 289 cm³/mol. The Morgan fingerprint density at radius 1 is 0.250 bits per heavy atom. The molecular weight excluding hydrogens is 1090 g/mol. The molecule has 0 atom stereocenters. The van der Waals surface area contributed by atoms with Crippen LogP contribution < -0.4 is 27.1 Å². The van der Waals surface area contributed by atoms with E-state index in [4.69, 9.17) is 27.1 Å². The number of phosphoric acid groups is 3. The molecule has 9 aliphatic rings. The summed E-state index contributed by atoms with van der Waals surface area (Å²) in [6.07, 6.45) is 26.3. The number of benzene rings is 6. The maximum absolute atomic E-state index is 12.4. The summed E-state index contributed by atoms with van der Waals surface area (Å²) >= 11 is 0. The SMILES string of the molecule is O=P1(O)Oc2ccc3c(c2-c2c(ccc4c2CCCC4)O1)CCCC3.O=P1(O)Oc2ccc3c(c2-c2c(ccc4c2CCCC4)O1)CCCC3.O=P1(O)Oc2ccc3c(c2-c2c(ccc4c2CCCC4)O1)CCCC3.[Y]. The summed E-state index contributed by atoms with van der Waals surface area (Å²) in [5.74, 6) is 2.94. The third kappa shape index (κ3) is 9.99. The Hall–Kier alpha value is -4.21. The van der Waals surface area contributed by atoms with Crippen LogP contribution in [0, 0.1) is 0 Å². The average Bonchev–Trinajstić information content (AvgIpc) is 3.76. The summed E-state index contributed by atoms with van der Waals surface area (Å²) < 4.78 is 70.1. The maximum atomic E-state index is 12.4. The number of hydrogen-bond acceptors (Lipinski definition) is 9. The molecule has 12 nitrogen and oxygen atoms in total. The van der Waals surface area contributed by atoms with Gasteiger partial charge in [0.25, 0.3) is 0 Å². The van der Waals surface area contributed by atoms with Crippen LogP contribution in [0.1, 0.15) is 144 Å². The summed E-state index contributed by atoms with van der Waals surface area (Å²) in [7, 11) is -12.5. The van der Waals surface area contributed by atoms with E-state index in [2.05, 4.69) is 0 Å². The molecule has 6 aromatic carbocycles. The van der Waals surface area contributed by atoms with Gasteiger partial charge in [-0.15, -0.1) is 0 Å². The van der Waals surface area contributed by atoms with Crippen molar-refractivity contribution in [1.29, 1.82) is 0 Å². The van der Waals surface area contributed by atoms with E-state index in [-0.39, 0.29) is 32.7 Å². The topological polar surface area (TPSA) is 167 Å². The van der Waals surface area contributed by atoms with Gasteiger partial charge in [0.2, 0.25) is 0 Å². The summed E-state index contributed by atoms with van der Waals surface area (Å²) in [4.78, 5) is 30.5. The van der Waals surface area contributed by atoms with Crippen LogP contribution in [0.5, 0.6) is 34.5 Å². The van der Waals surface area contributed by atoms with Crippen LogP contribution in [0.4, 0.5) is 0 Å². The second-order valence-electron chi connectivity index (χ2n) is 21.7. The van der Waals surface area contributed by atoms with Gasteiger partial charge in [0.05, 0.1) is 0 Å². The fraction of sp³-hybridized carbons (Fsp3) is 0.400. The van der Waals surface area contributed by atoms with Crippen molar-refractivity contribution in [3.8, 4) is 67.9 Å². The summed E-state index contributed by atoms with van der Waals surface area (Å²) in [5.41, 5.74) is 21.6. The van der Waals surface area contributed by atoms with Gasteiger partial charge in [-0.1, -0.05) is 36.4 Å². The standard InChI is InChI=1S/3C20H21O4P.Y/c3*21-25(22)23-17-11-9-13-5-1-3-7-15(13)19(17)20-16-8-4-2-6-14(16)10-12-18(20)24-25;/h3*9-12H,1-8H2,(H,21,22);. The minimum absolute atomic E-state index is 0. The van der Waals surface area contributed by atoms with Crippen LogP contribution in [-0.2, 0) is 123 Å². The smallest absolute Gasteiger partial charge is 0.395 e. The molecule has 6 aromatic rings. The molecule has 0 unspecified atom stereocenters. The van der Waals surface area contributed by atoms with Crippen molar-refractivity contribution >= 4 is 23.5 Å². The van der Waals surface area contributed by atoms with Crippen molar-refractivity contribution in [2.75, 3.05) is 0 Å². The quantitative estimate of drug-likeness (QED) is 0.123. The first kappa shape index (κ1) is 52.5. The van der Waals surface area contributed by atoms with Gasteiger partial charge >= 0.3 is 23.5 Å². The Balaban J connectivity index is 0.000000114. The molecule has 1 radical (unpaired) electrons. The monoisotopic (exact) mass is 1160 g/mol. The summed E-state index contributed by atoms with van der Waals surface area (Å²) in [6.45, 7) is 0. The molecule has 0 saturated carbocycles. The molecule has 3 aliphatic heterocycles. The van der Waals surface area contributed by atoms with E-state index in [0.29, 0.717) is 34.5 Å². The molecule has 76 heavy (non-hydrogen) atoms. The predicted octanol–water partition coefficient (Wildman–Crippen LogP) is 14.9. The Labute approximate surface area is 470 Å². The average molecular weight is 1160 g/mol. The minimum Gasteiger partial charge on any atom is -0.395 e.